The maximum atomic E-state index is 10.7. The van der Waals surface area contributed by atoms with Crippen LogP contribution in [0.2, 0.25) is 0 Å². The lowest BCUT2D eigenvalue weighted by atomic mass is 10.2. The predicted molar refractivity (Wildman–Crippen MR) is 122 cm³/mol. The largest absolute Gasteiger partial charge is 0.522 e. The van der Waals surface area contributed by atoms with E-state index in [2.05, 4.69) is 15.8 Å². The van der Waals surface area contributed by atoms with Crippen LogP contribution < -0.4 is 5.14 Å². The van der Waals surface area contributed by atoms with E-state index < -0.39 is 66.0 Å². The summed E-state index contributed by atoms with van der Waals surface area (Å²) in [5.74, 6) is 0. The van der Waals surface area contributed by atoms with E-state index >= 15 is 0 Å². The second-order valence-electron chi connectivity index (χ2n) is 5.28. The molecule has 0 amide bonds. The Balaban J connectivity index is -0.000000123. The van der Waals surface area contributed by atoms with Gasteiger partial charge in [0.05, 0.1) is 11.2 Å². The van der Waals surface area contributed by atoms with Crippen LogP contribution in [0.3, 0.4) is 0 Å². The topological polar surface area (TPSA) is 352 Å². The van der Waals surface area contributed by atoms with Gasteiger partial charge in [0.1, 0.15) is 0 Å². The third-order valence-corrected chi connectivity index (χ3v) is 3.06. The zero-order chi connectivity index (χ0) is 33.5. The number of halogens is 5. The van der Waals surface area contributed by atoms with E-state index in [4.69, 9.17) is 61.0 Å². The Morgan fingerprint density at radius 1 is 0.718 bits per heavy atom. The molecule has 30 heteroatoms. The Labute approximate surface area is 224 Å². The molecule has 0 bridgehead atoms. The maximum absolute atomic E-state index is 10.7. The fraction of sp³-hybridized carbons (Fsp3) is 0.333. The third kappa shape index (κ3) is 78.7. The van der Waals surface area contributed by atoms with Gasteiger partial charge in [-0.05, 0) is 19.1 Å². The van der Waals surface area contributed by atoms with Crippen molar-refractivity contribution in [3.8, 4) is 0 Å². The van der Waals surface area contributed by atoms with Crippen molar-refractivity contribution in [3.63, 3.8) is 0 Å². The molecule has 1 aromatic rings. The first-order chi connectivity index (χ1) is 16.2. The summed E-state index contributed by atoms with van der Waals surface area (Å²) >= 11 is 0. The Hall–Kier alpha value is -1.35. The van der Waals surface area contributed by atoms with E-state index in [-0.39, 0.29) is 4.90 Å². The molecule has 0 atom stereocenters. The minimum Gasteiger partial charge on any atom is -0.286 e. The van der Waals surface area contributed by atoms with E-state index in [1.165, 1.54) is 12.1 Å². The highest BCUT2D eigenvalue weighted by molar-refractivity contribution is 8.09. The molecule has 0 saturated heterocycles. The van der Waals surface area contributed by atoms with Crippen molar-refractivity contribution in [1.82, 2.24) is 0 Å². The highest BCUT2D eigenvalue weighted by Gasteiger charge is 2.44. The van der Waals surface area contributed by atoms with Crippen molar-refractivity contribution in [2.24, 2.45) is 5.14 Å². The van der Waals surface area contributed by atoms with Gasteiger partial charge in [0.25, 0.3) is 20.2 Å². The molecule has 238 valence electrons. The summed E-state index contributed by atoms with van der Waals surface area (Å²) < 4.78 is 197. The van der Waals surface area contributed by atoms with Crippen LogP contribution in [0.15, 0.2) is 29.2 Å². The Morgan fingerprint density at radius 2 is 0.872 bits per heavy atom. The molecule has 8 N–H and O–H groups in total. The lowest BCUT2D eigenvalue weighted by Crippen LogP contribution is -2.21. The summed E-state index contributed by atoms with van der Waals surface area (Å²) in [5, 5.41) is 3.88. The molecule has 1 rings (SSSR count). The van der Waals surface area contributed by atoms with Gasteiger partial charge in [-0.2, -0.15) is 63.7 Å². The van der Waals surface area contributed by atoms with Gasteiger partial charge in [-0.15, -0.1) is 0 Å². The zero-order valence-corrected chi connectivity index (χ0v) is 24.0. The highest BCUT2D eigenvalue weighted by Crippen LogP contribution is 2.20. The van der Waals surface area contributed by atoms with Crippen molar-refractivity contribution in [2.75, 3.05) is 6.26 Å². The molecule has 1 aromatic carbocycles. The van der Waals surface area contributed by atoms with Gasteiger partial charge in [0.2, 0.25) is 0 Å². The second-order valence-corrected chi connectivity index (χ2v) is 13.4. The number of hydrogen-bond acceptors (Lipinski definition) is 12. The third-order valence-electron chi connectivity index (χ3n) is 1.61. The van der Waals surface area contributed by atoms with Crippen molar-refractivity contribution in [3.05, 3.63) is 29.8 Å². The van der Waals surface area contributed by atoms with Crippen LogP contribution in [0, 0.1) is 6.92 Å². The lowest BCUT2D eigenvalue weighted by molar-refractivity contribution is -0.0510. The molecule has 19 nitrogen and oxygen atoms in total. The van der Waals surface area contributed by atoms with Crippen LogP contribution in [0.4, 0.5) is 17.1 Å². The van der Waals surface area contributed by atoms with Crippen LogP contribution in [-0.4, -0.2) is 89.6 Å². The number of rotatable bonds is 1. The molecule has 0 aliphatic heterocycles. The van der Waals surface area contributed by atoms with Crippen LogP contribution in [0.25, 0.3) is 0 Å². The standard InChI is InChI=1S/C7H8O3S.CHF3O3S.CH4O3S.ClHO3S.FHO3S.H3NO3S/c1-6-2-4-7(5-3-6)11(8,9)10;2-1(3,4)8(5,6)7;4*1-5(2,3)4/h2-5H,1H3,(H,8,9,10);(H,5,6,7);1H3,(H,2,3,4);2*(H,2,3,4);(H3,1,2,3,4). The minimum absolute atomic E-state index is 0.0666. The Bertz CT molecular complexity index is 1350. The van der Waals surface area contributed by atoms with Crippen LogP contribution in [0.5, 0.6) is 0 Å². The van der Waals surface area contributed by atoms with Gasteiger partial charge < -0.3 is 0 Å². The number of alkyl halides is 3. The molecular formula is C9H18ClF4NO18S6. The molecule has 0 heterocycles. The first-order valence-electron chi connectivity index (χ1n) is 7.34. The number of nitrogens with two attached hydrogens (primary N) is 1. The predicted octanol–water partition coefficient (Wildman–Crippen LogP) is -0.326. The first kappa shape index (κ1) is 47.4. The number of aryl methyl sites for hydroxylation is 1. The van der Waals surface area contributed by atoms with Gasteiger partial charge in [0.15, 0.2) is 0 Å². The number of benzene rings is 1. The molecule has 0 fully saturated rings. The van der Waals surface area contributed by atoms with Crippen LogP contribution >= 0.6 is 10.7 Å². The minimum atomic E-state index is -5.84. The number of hydrogen-bond donors (Lipinski definition) is 7. The van der Waals surface area contributed by atoms with E-state index in [1.54, 1.807) is 12.1 Å². The Kier molecular flexibility index (Phi) is 22.1. The van der Waals surface area contributed by atoms with E-state index in [9.17, 15) is 33.9 Å². The van der Waals surface area contributed by atoms with Crippen LogP contribution in [0.1, 0.15) is 5.56 Å². The summed E-state index contributed by atoms with van der Waals surface area (Å²) in [4.78, 5) is -0.0666. The Morgan fingerprint density at radius 3 is 0.974 bits per heavy atom. The van der Waals surface area contributed by atoms with Gasteiger partial charge in [-0.1, -0.05) is 21.6 Å². The smallest absolute Gasteiger partial charge is 0.286 e. The second kappa shape index (κ2) is 18.2. The molecular weight excluding hydrogens is 714 g/mol. The van der Waals surface area contributed by atoms with Crippen molar-refractivity contribution < 1.29 is 94.9 Å². The average Bonchev–Trinajstić information content (AvgIpc) is 2.46. The first-order valence-corrected chi connectivity index (χ1v) is 17.2. The zero-order valence-electron chi connectivity index (χ0n) is 18.3. The normalized spacial score (nSPS) is 12.1. The van der Waals surface area contributed by atoms with Gasteiger partial charge in [-0.25, -0.2) is 5.14 Å². The van der Waals surface area contributed by atoms with Gasteiger partial charge in [0, 0.05) is 10.7 Å². The molecule has 0 aliphatic rings. The van der Waals surface area contributed by atoms with E-state index in [0.717, 1.165) is 5.56 Å². The fourth-order valence-corrected chi connectivity index (χ4v) is 1.19. The summed E-state index contributed by atoms with van der Waals surface area (Å²) in [5.41, 5.74) is -4.58. The summed E-state index contributed by atoms with van der Waals surface area (Å²) in [6, 6.07) is 5.99. The fourth-order valence-electron chi connectivity index (χ4n) is 0.710. The van der Waals surface area contributed by atoms with Crippen LogP contribution in [-0.2, 0) is 60.5 Å². The van der Waals surface area contributed by atoms with Crippen molar-refractivity contribution >= 4 is 71.2 Å². The average molecular weight is 732 g/mol. The molecule has 0 aliphatic carbocycles. The molecule has 0 unspecified atom stereocenters. The lowest BCUT2D eigenvalue weighted by Gasteiger charge is -1.97. The SMILES string of the molecule is CS(=O)(=O)O.Cc1ccc(S(=O)(=O)O)cc1.NS(=O)(=O)O.O=S(=O)(O)C(F)(F)F.O=S(=O)(O)Cl.O=S(=O)(O)F. The summed E-state index contributed by atoms with van der Waals surface area (Å²) in [7, 11) is -23.0. The van der Waals surface area contributed by atoms with Gasteiger partial charge >= 0.3 is 45.8 Å². The quantitative estimate of drug-likeness (QED) is 0.0841. The van der Waals surface area contributed by atoms with Gasteiger partial charge in [-0.3, -0.25) is 27.3 Å². The summed E-state index contributed by atoms with van der Waals surface area (Å²) in [6.07, 6.45) is 0.715. The van der Waals surface area contributed by atoms with Crippen molar-refractivity contribution in [1.29, 1.82) is 0 Å². The van der Waals surface area contributed by atoms with Crippen molar-refractivity contribution in [2.45, 2.75) is 17.3 Å². The molecule has 0 saturated carbocycles. The molecule has 0 spiro atoms. The molecule has 0 aromatic heterocycles. The maximum Gasteiger partial charge on any atom is 0.522 e. The van der Waals surface area contributed by atoms with E-state index in [0.29, 0.717) is 6.26 Å². The monoisotopic (exact) mass is 731 g/mol. The molecule has 0 radical (unpaired) electrons. The van der Waals surface area contributed by atoms with E-state index in [1.807, 2.05) is 6.92 Å². The molecule has 39 heavy (non-hydrogen) atoms. The highest BCUT2D eigenvalue weighted by atomic mass is 35.7. The summed E-state index contributed by atoms with van der Waals surface area (Å²) in [6.45, 7) is 1.84.